The van der Waals surface area contributed by atoms with Crippen LogP contribution in [0, 0.1) is 10.8 Å². The molecule has 2 fully saturated rings. The number of nitrogens with one attached hydrogen (secondary N) is 2. The van der Waals surface area contributed by atoms with Crippen LogP contribution in [0.25, 0.3) is 0 Å². The molecule has 1 saturated heterocycles. The summed E-state index contributed by atoms with van der Waals surface area (Å²) in [6, 6.07) is 4.83. The van der Waals surface area contributed by atoms with E-state index in [4.69, 9.17) is 4.74 Å². The number of imide groups is 1. The molecule has 31 heavy (non-hydrogen) atoms. The van der Waals surface area contributed by atoms with Gasteiger partial charge < -0.3 is 10.1 Å². The van der Waals surface area contributed by atoms with Crippen LogP contribution < -0.4 is 10.6 Å². The van der Waals surface area contributed by atoms with Crippen LogP contribution in [0.3, 0.4) is 0 Å². The lowest BCUT2D eigenvalue weighted by Crippen LogP contribution is -2.39. The number of urea groups is 1. The van der Waals surface area contributed by atoms with Gasteiger partial charge in [0.1, 0.15) is 0 Å². The van der Waals surface area contributed by atoms with Gasteiger partial charge in [-0.2, -0.15) is 4.31 Å². The van der Waals surface area contributed by atoms with Gasteiger partial charge in [0.25, 0.3) is 5.91 Å². The molecule has 1 aromatic carbocycles. The zero-order valence-corrected chi connectivity index (χ0v) is 19.0. The van der Waals surface area contributed by atoms with E-state index in [1.807, 2.05) is 5.32 Å². The van der Waals surface area contributed by atoms with Crippen LogP contribution in [0.5, 0.6) is 0 Å². The van der Waals surface area contributed by atoms with Crippen molar-refractivity contribution >= 4 is 27.9 Å². The molecule has 0 radical (unpaired) electrons. The summed E-state index contributed by atoms with van der Waals surface area (Å²) in [5, 5.41) is 4.18. The molecule has 170 valence electrons. The average Bonchev–Trinajstić information content (AvgIpc) is 2.95. The van der Waals surface area contributed by atoms with E-state index in [1.54, 1.807) is 4.31 Å². The molecule has 2 atom stereocenters. The number of carbonyl (C=O) groups excluding carboxylic acids is 3. The Labute approximate surface area is 182 Å². The molecule has 1 aliphatic carbocycles. The zero-order valence-electron chi connectivity index (χ0n) is 18.2. The molecule has 0 spiro atoms. The van der Waals surface area contributed by atoms with Gasteiger partial charge in [-0.05, 0) is 48.3 Å². The summed E-state index contributed by atoms with van der Waals surface area (Å²) in [6.45, 7) is 6.27. The monoisotopic (exact) mass is 451 g/mol. The SMILES string of the molecule is CNC(=O)NC(=O)COC(=O)c1cccc(S(=O)(=O)N2C[C@@]3(C)C[C@H]2CC(C)(C)C3)c1. The fourth-order valence-corrected chi connectivity index (χ4v) is 6.87. The topological polar surface area (TPSA) is 122 Å². The maximum atomic E-state index is 13.4. The van der Waals surface area contributed by atoms with Gasteiger partial charge in [0.05, 0.1) is 10.5 Å². The van der Waals surface area contributed by atoms with Crippen molar-refractivity contribution in [2.75, 3.05) is 20.2 Å². The predicted octanol–water partition coefficient (Wildman–Crippen LogP) is 1.89. The minimum atomic E-state index is -3.79. The maximum absolute atomic E-state index is 13.4. The van der Waals surface area contributed by atoms with Gasteiger partial charge in [-0.3, -0.25) is 10.1 Å². The Balaban J connectivity index is 1.74. The molecule has 0 unspecified atom stereocenters. The first-order valence-electron chi connectivity index (χ1n) is 10.2. The van der Waals surface area contributed by atoms with Gasteiger partial charge in [0.15, 0.2) is 6.61 Å². The lowest BCUT2D eigenvalue weighted by Gasteiger charge is -2.39. The lowest BCUT2D eigenvalue weighted by molar-refractivity contribution is -0.123. The first-order valence-corrected chi connectivity index (χ1v) is 11.6. The van der Waals surface area contributed by atoms with Crippen molar-refractivity contribution < 1.29 is 27.5 Å². The smallest absolute Gasteiger partial charge is 0.338 e. The Morgan fingerprint density at radius 3 is 2.58 bits per heavy atom. The number of sulfonamides is 1. The molecule has 1 saturated carbocycles. The molecule has 1 heterocycles. The van der Waals surface area contributed by atoms with E-state index in [-0.39, 0.29) is 27.3 Å². The normalized spacial score (nSPS) is 25.0. The van der Waals surface area contributed by atoms with E-state index in [9.17, 15) is 22.8 Å². The fraction of sp³-hybridized carbons (Fsp3) is 0.571. The van der Waals surface area contributed by atoms with Crippen LogP contribution in [0.2, 0.25) is 0 Å². The van der Waals surface area contributed by atoms with Gasteiger partial charge in [-0.1, -0.05) is 26.8 Å². The number of nitrogens with zero attached hydrogens (tertiary/aromatic N) is 1. The van der Waals surface area contributed by atoms with Crippen LogP contribution in [0.15, 0.2) is 29.2 Å². The first-order chi connectivity index (χ1) is 14.3. The van der Waals surface area contributed by atoms with E-state index in [0.29, 0.717) is 6.54 Å². The Kier molecular flexibility index (Phi) is 6.16. The summed E-state index contributed by atoms with van der Waals surface area (Å²) in [4.78, 5) is 35.0. The van der Waals surface area contributed by atoms with Crippen molar-refractivity contribution in [3.63, 3.8) is 0 Å². The van der Waals surface area contributed by atoms with Crippen LogP contribution in [-0.2, 0) is 19.6 Å². The van der Waals surface area contributed by atoms with Crippen molar-refractivity contribution in [2.24, 2.45) is 10.8 Å². The molecule has 0 aromatic heterocycles. The van der Waals surface area contributed by atoms with Crippen LogP contribution in [0.1, 0.15) is 50.4 Å². The molecular formula is C21H29N3O6S. The molecule has 2 bridgehead atoms. The lowest BCUT2D eigenvalue weighted by atomic mass is 9.65. The number of benzene rings is 1. The van der Waals surface area contributed by atoms with Gasteiger partial charge in [0.2, 0.25) is 10.0 Å². The molecule has 9 nitrogen and oxygen atoms in total. The zero-order chi connectivity index (χ0) is 23.0. The molecule has 2 aliphatic rings. The van der Waals surface area contributed by atoms with Crippen molar-refractivity contribution in [2.45, 2.75) is 51.0 Å². The Morgan fingerprint density at radius 2 is 1.90 bits per heavy atom. The third kappa shape index (κ3) is 5.07. The Morgan fingerprint density at radius 1 is 1.19 bits per heavy atom. The number of hydrogen-bond acceptors (Lipinski definition) is 6. The van der Waals surface area contributed by atoms with Gasteiger partial charge >= 0.3 is 12.0 Å². The number of ether oxygens (including phenoxy) is 1. The van der Waals surface area contributed by atoms with Crippen molar-refractivity contribution in [1.29, 1.82) is 0 Å². The van der Waals surface area contributed by atoms with Crippen molar-refractivity contribution in [3.8, 4) is 0 Å². The largest absolute Gasteiger partial charge is 0.452 e. The molecule has 10 heteroatoms. The second-order valence-electron chi connectivity index (χ2n) is 9.50. The summed E-state index contributed by atoms with van der Waals surface area (Å²) in [6.07, 6.45) is 2.59. The van der Waals surface area contributed by atoms with Gasteiger partial charge in [-0.25, -0.2) is 18.0 Å². The number of esters is 1. The van der Waals surface area contributed by atoms with E-state index in [1.165, 1.54) is 31.3 Å². The highest BCUT2D eigenvalue weighted by atomic mass is 32.2. The van der Waals surface area contributed by atoms with Crippen LogP contribution in [0.4, 0.5) is 4.79 Å². The minimum absolute atomic E-state index is 0.0162. The number of hydrogen-bond donors (Lipinski definition) is 2. The van der Waals surface area contributed by atoms with Crippen LogP contribution in [-0.4, -0.2) is 56.9 Å². The number of amides is 3. The molecule has 1 aromatic rings. The summed E-state index contributed by atoms with van der Waals surface area (Å²) in [5.74, 6) is -1.64. The highest BCUT2D eigenvalue weighted by Crippen LogP contribution is 2.53. The van der Waals surface area contributed by atoms with Crippen molar-refractivity contribution in [3.05, 3.63) is 29.8 Å². The first kappa shape index (κ1) is 23.2. The van der Waals surface area contributed by atoms with E-state index in [2.05, 4.69) is 26.1 Å². The number of fused-ring (bicyclic) bond motifs is 2. The van der Waals surface area contributed by atoms with E-state index < -0.39 is 34.5 Å². The molecule has 3 amide bonds. The summed E-state index contributed by atoms with van der Waals surface area (Å²) in [5.41, 5.74) is 0.0272. The molecule has 1 aliphatic heterocycles. The number of rotatable bonds is 5. The second kappa shape index (κ2) is 8.23. The summed E-state index contributed by atoms with van der Waals surface area (Å²) >= 11 is 0. The number of carbonyl (C=O) groups is 3. The van der Waals surface area contributed by atoms with E-state index >= 15 is 0 Å². The Bertz CT molecular complexity index is 1010. The summed E-state index contributed by atoms with van der Waals surface area (Å²) < 4.78 is 33.3. The quantitative estimate of drug-likeness (QED) is 0.660. The Hall–Kier alpha value is -2.46. The van der Waals surface area contributed by atoms with Crippen LogP contribution >= 0.6 is 0 Å². The third-order valence-electron chi connectivity index (χ3n) is 5.86. The minimum Gasteiger partial charge on any atom is -0.452 e. The van der Waals surface area contributed by atoms with E-state index in [0.717, 1.165) is 19.3 Å². The fourth-order valence-electron chi connectivity index (χ4n) is 5.05. The third-order valence-corrected chi connectivity index (χ3v) is 7.75. The van der Waals surface area contributed by atoms with Gasteiger partial charge in [-0.15, -0.1) is 0 Å². The second-order valence-corrected chi connectivity index (χ2v) is 11.4. The summed E-state index contributed by atoms with van der Waals surface area (Å²) in [7, 11) is -2.45. The standard InChI is InChI=1S/C21H29N3O6S/c1-20(2)9-15-10-21(3,12-20)13-24(15)31(28,29)16-7-5-6-14(8-16)18(26)30-11-17(25)23-19(27)22-4/h5-8,15H,9-13H2,1-4H3,(H2,22,23,25,27)/t15-,21+/m1/s1. The van der Waals surface area contributed by atoms with Crippen molar-refractivity contribution in [1.82, 2.24) is 14.9 Å². The average molecular weight is 452 g/mol. The van der Waals surface area contributed by atoms with Gasteiger partial charge in [0, 0.05) is 19.6 Å². The highest BCUT2D eigenvalue weighted by Gasteiger charge is 2.53. The highest BCUT2D eigenvalue weighted by molar-refractivity contribution is 7.89. The molecule has 2 N–H and O–H groups in total. The molecular weight excluding hydrogens is 422 g/mol. The maximum Gasteiger partial charge on any atom is 0.338 e. The molecule has 3 rings (SSSR count). The predicted molar refractivity (Wildman–Crippen MR) is 113 cm³/mol.